The van der Waals surface area contributed by atoms with Gasteiger partial charge < -0.3 is 11.1 Å². The highest BCUT2D eigenvalue weighted by atomic mass is 15.0. The van der Waals surface area contributed by atoms with Crippen molar-refractivity contribution in [1.29, 1.82) is 5.26 Å². The molecule has 1 aromatic heterocycles. The first kappa shape index (κ1) is 11.9. The third-order valence-electron chi connectivity index (χ3n) is 3.58. The van der Waals surface area contributed by atoms with Gasteiger partial charge in [0.1, 0.15) is 5.82 Å². The summed E-state index contributed by atoms with van der Waals surface area (Å²) in [6.07, 6.45) is 2.47. The first-order valence-electron chi connectivity index (χ1n) is 6.57. The van der Waals surface area contributed by atoms with Crippen LogP contribution < -0.4 is 11.1 Å². The van der Waals surface area contributed by atoms with Gasteiger partial charge in [-0.25, -0.2) is 4.98 Å². The van der Waals surface area contributed by atoms with Crippen molar-refractivity contribution in [2.24, 2.45) is 11.7 Å². The number of rotatable bonds is 4. The summed E-state index contributed by atoms with van der Waals surface area (Å²) in [7, 11) is 0. The quantitative estimate of drug-likeness (QED) is 0.875. The maximum atomic E-state index is 9.21. The van der Waals surface area contributed by atoms with Gasteiger partial charge in [0.2, 0.25) is 0 Å². The molecule has 1 aromatic carbocycles. The van der Waals surface area contributed by atoms with E-state index in [0.717, 1.165) is 16.7 Å². The average Bonchev–Trinajstić information content (AvgIpc) is 3.28. The van der Waals surface area contributed by atoms with Gasteiger partial charge in [0.15, 0.2) is 0 Å². The van der Waals surface area contributed by atoms with Crippen LogP contribution in [0.5, 0.6) is 0 Å². The van der Waals surface area contributed by atoms with Gasteiger partial charge in [-0.2, -0.15) is 5.26 Å². The Labute approximate surface area is 112 Å². The van der Waals surface area contributed by atoms with Crippen LogP contribution in [-0.2, 0) is 0 Å². The molecule has 0 saturated heterocycles. The Morgan fingerprint density at radius 1 is 1.42 bits per heavy atom. The van der Waals surface area contributed by atoms with Crippen LogP contribution in [0.2, 0.25) is 0 Å². The van der Waals surface area contributed by atoms with Crippen molar-refractivity contribution < 1.29 is 0 Å². The number of aromatic nitrogens is 1. The second kappa shape index (κ2) is 4.87. The molecule has 3 N–H and O–H groups in total. The number of nitriles is 1. The van der Waals surface area contributed by atoms with Gasteiger partial charge >= 0.3 is 0 Å². The Hall–Kier alpha value is -2.12. The minimum absolute atomic E-state index is 0.179. The third kappa shape index (κ3) is 2.51. The minimum Gasteiger partial charge on any atom is -0.368 e. The van der Waals surface area contributed by atoms with E-state index >= 15 is 0 Å². The van der Waals surface area contributed by atoms with Gasteiger partial charge in [-0.3, -0.25) is 0 Å². The third-order valence-corrected chi connectivity index (χ3v) is 3.58. The lowest BCUT2D eigenvalue weighted by atomic mass is 10.1. The van der Waals surface area contributed by atoms with Crippen molar-refractivity contribution in [1.82, 2.24) is 4.98 Å². The molecule has 0 spiro atoms. The van der Waals surface area contributed by atoms with Crippen molar-refractivity contribution in [3.63, 3.8) is 0 Å². The first-order valence-corrected chi connectivity index (χ1v) is 6.57. The topological polar surface area (TPSA) is 74.7 Å². The molecule has 1 saturated carbocycles. The van der Waals surface area contributed by atoms with Crippen LogP contribution in [0, 0.1) is 17.2 Å². The van der Waals surface area contributed by atoms with E-state index in [1.54, 1.807) is 6.07 Å². The van der Waals surface area contributed by atoms with Gasteiger partial charge in [0.25, 0.3) is 0 Å². The van der Waals surface area contributed by atoms with E-state index in [1.165, 1.54) is 12.8 Å². The number of hydrogen-bond donors (Lipinski definition) is 2. The Bertz CT molecular complexity index is 640. The smallest absolute Gasteiger partial charge is 0.128 e. The molecule has 0 amide bonds. The van der Waals surface area contributed by atoms with Gasteiger partial charge in [-0.15, -0.1) is 0 Å². The molecule has 1 atom stereocenters. The highest BCUT2D eigenvalue weighted by Crippen LogP contribution is 2.31. The molecule has 96 valence electrons. The number of benzene rings is 1. The lowest BCUT2D eigenvalue weighted by Gasteiger charge is -2.13. The van der Waals surface area contributed by atoms with E-state index in [0.29, 0.717) is 18.0 Å². The Morgan fingerprint density at radius 3 is 2.95 bits per heavy atom. The van der Waals surface area contributed by atoms with E-state index < -0.39 is 0 Å². The Balaban J connectivity index is 1.85. The van der Waals surface area contributed by atoms with E-state index in [4.69, 9.17) is 5.73 Å². The standard InChI is InChI=1S/C15H16N4/c16-8-11-7-15(18-9-13(17)10-5-6-10)19-14-4-2-1-3-12(11)14/h1-4,7,10,13H,5-6,9,17H2,(H,18,19). The maximum Gasteiger partial charge on any atom is 0.128 e. The molecule has 19 heavy (non-hydrogen) atoms. The summed E-state index contributed by atoms with van der Waals surface area (Å²) in [6.45, 7) is 0.709. The summed E-state index contributed by atoms with van der Waals surface area (Å²) >= 11 is 0. The maximum absolute atomic E-state index is 9.21. The molecule has 1 unspecified atom stereocenters. The largest absolute Gasteiger partial charge is 0.368 e. The molecular weight excluding hydrogens is 236 g/mol. The van der Waals surface area contributed by atoms with Crippen LogP contribution in [0.1, 0.15) is 18.4 Å². The van der Waals surface area contributed by atoms with E-state index in [-0.39, 0.29) is 6.04 Å². The number of para-hydroxylation sites is 1. The van der Waals surface area contributed by atoms with Crippen molar-refractivity contribution in [3.8, 4) is 6.07 Å². The molecule has 1 aliphatic rings. The second-order valence-electron chi connectivity index (χ2n) is 5.07. The van der Waals surface area contributed by atoms with Crippen LogP contribution in [0.25, 0.3) is 10.9 Å². The summed E-state index contributed by atoms with van der Waals surface area (Å²) in [5, 5.41) is 13.3. The predicted molar refractivity (Wildman–Crippen MR) is 75.6 cm³/mol. The number of anilines is 1. The van der Waals surface area contributed by atoms with Crippen LogP contribution in [0.15, 0.2) is 30.3 Å². The summed E-state index contributed by atoms with van der Waals surface area (Å²) in [6, 6.07) is 11.9. The lowest BCUT2D eigenvalue weighted by molar-refractivity contribution is 0.620. The summed E-state index contributed by atoms with van der Waals surface area (Å²) < 4.78 is 0. The van der Waals surface area contributed by atoms with Crippen molar-refractivity contribution in [2.75, 3.05) is 11.9 Å². The molecule has 4 heteroatoms. The molecule has 0 aliphatic heterocycles. The SMILES string of the molecule is N#Cc1cc(NCC(N)C2CC2)nc2ccccc12. The highest BCUT2D eigenvalue weighted by Gasteiger charge is 2.28. The molecule has 1 heterocycles. The zero-order valence-corrected chi connectivity index (χ0v) is 10.6. The fraction of sp³-hybridized carbons (Fsp3) is 0.333. The van der Waals surface area contributed by atoms with Crippen molar-refractivity contribution in [2.45, 2.75) is 18.9 Å². The lowest BCUT2D eigenvalue weighted by Crippen LogP contribution is -2.31. The predicted octanol–water partition coefficient (Wildman–Crippen LogP) is 2.26. The number of nitrogens with zero attached hydrogens (tertiary/aromatic N) is 2. The fourth-order valence-corrected chi connectivity index (χ4v) is 2.27. The van der Waals surface area contributed by atoms with Crippen LogP contribution in [-0.4, -0.2) is 17.6 Å². The molecule has 3 rings (SSSR count). The molecule has 0 radical (unpaired) electrons. The van der Waals surface area contributed by atoms with Gasteiger partial charge in [-0.1, -0.05) is 18.2 Å². The van der Waals surface area contributed by atoms with Gasteiger partial charge in [0, 0.05) is 18.0 Å². The molecule has 1 aliphatic carbocycles. The second-order valence-corrected chi connectivity index (χ2v) is 5.07. The van der Waals surface area contributed by atoms with E-state index in [2.05, 4.69) is 16.4 Å². The number of pyridine rings is 1. The zero-order valence-electron chi connectivity index (χ0n) is 10.6. The monoisotopic (exact) mass is 252 g/mol. The van der Waals surface area contributed by atoms with Gasteiger partial charge in [-0.05, 0) is 30.9 Å². The van der Waals surface area contributed by atoms with E-state index in [1.807, 2.05) is 24.3 Å². The molecule has 4 nitrogen and oxygen atoms in total. The van der Waals surface area contributed by atoms with Gasteiger partial charge in [0.05, 0.1) is 17.1 Å². The molecular formula is C15H16N4. The van der Waals surface area contributed by atoms with Crippen molar-refractivity contribution in [3.05, 3.63) is 35.9 Å². The first-order chi connectivity index (χ1) is 9.28. The van der Waals surface area contributed by atoms with Crippen LogP contribution >= 0.6 is 0 Å². The fourth-order valence-electron chi connectivity index (χ4n) is 2.27. The molecule has 0 bridgehead atoms. The number of fused-ring (bicyclic) bond motifs is 1. The molecule has 2 aromatic rings. The summed E-state index contributed by atoms with van der Waals surface area (Å²) in [5.41, 5.74) is 7.54. The Morgan fingerprint density at radius 2 is 2.21 bits per heavy atom. The number of nitrogens with one attached hydrogen (secondary N) is 1. The number of nitrogens with two attached hydrogens (primary N) is 1. The normalized spacial score (nSPS) is 16.0. The molecule has 1 fully saturated rings. The van der Waals surface area contributed by atoms with E-state index in [9.17, 15) is 5.26 Å². The minimum atomic E-state index is 0.179. The summed E-state index contributed by atoms with van der Waals surface area (Å²) in [5.74, 6) is 1.38. The Kier molecular flexibility index (Phi) is 3.06. The summed E-state index contributed by atoms with van der Waals surface area (Å²) in [4.78, 5) is 4.52. The number of hydrogen-bond acceptors (Lipinski definition) is 4. The van der Waals surface area contributed by atoms with Crippen LogP contribution in [0.3, 0.4) is 0 Å². The van der Waals surface area contributed by atoms with Crippen molar-refractivity contribution >= 4 is 16.7 Å². The highest BCUT2D eigenvalue weighted by molar-refractivity contribution is 5.86. The van der Waals surface area contributed by atoms with Crippen LogP contribution in [0.4, 0.5) is 5.82 Å². The zero-order chi connectivity index (χ0) is 13.2. The average molecular weight is 252 g/mol.